The van der Waals surface area contributed by atoms with Crippen LogP contribution in [0.4, 0.5) is 22.7 Å². The van der Waals surface area contributed by atoms with Crippen molar-refractivity contribution in [1.82, 2.24) is 0 Å². The Hall–Kier alpha value is -11.8. The van der Waals surface area contributed by atoms with Crippen LogP contribution in [-0.2, 0) is 71.8 Å². The summed E-state index contributed by atoms with van der Waals surface area (Å²) in [6.45, 7) is 15.2. The zero-order chi connectivity index (χ0) is 76.7. The molecule has 8 aliphatic heterocycles. The quantitative estimate of drug-likeness (QED) is 0.0241. The number of aliphatic hydroxyl groups excluding tert-OH is 1. The fourth-order valence-corrected chi connectivity index (χ4v) is 14.7. The molecule has 13 atom stereocenters. The molecule has 8 aliphatic rings. The minimum atomic E-state index is -0.891. The van der Waals surface area contributed by atoms with Gasteiger partial charge in [-0.05, 0) is 139 Å². The van der Waals surface area contributed by atoms with Crippen LogP contribution >= 0.6 is 0 Å². The Balaban J connectivity index is 0.00000173. The van der Waals surface area contributed by atoms with Gasteiger partial charge in [-0.15, -0.1) is 0 Å². The number of benzene rings is 6. The van der Waals surface area contributed by atoms with E-state index < -0.39 is 101 Å². The number of nitrogens with zero attached hydrogens (tertiary/aromatic N) is 4. The summed E-state index contributed by atoms with van der Waals surface area (Å²) < 4.78 is 49.4. The SMILES string of the molecule is C.C.C.C.C.C.C.C.C.C=Cc1ccc(OC(C)=O)cc1.CC(=O)Oc1ccc(N2C(=O)C=CC2=O)cc1.CC(=O)Oc1ccc([N+]2=C(O)C3C4C=CC(O4)C3C2=O)cc1.CCC(c1ccc(OC(C)=O)cc1)C1C2OC(C3C(=O)N(c4ccc(OC(C)=O)cc4)C(=O)C23)C1C1C(=O)N(c2ccc(OC(C)=O)cc2)C(=O)C1C.[B].[NH]=[Al]. The number of hydrogen-bond donors (Lipinski definition) is 2. The Morgan fingerprint density at radius 2 is 0.776 bits per heavy atom. The first-order chi connectivity index (χ1) is 50.7. The van der Waals surface area contributed by atoms with Gasteiger partial charge in [0.1, 0.15) is 46.3 Å². The van der Waals surface area contributed by atoms with Crippen LogP contribution in [-0.4, -0.2) is 142 Å². The molecule has 0 aromatic heterocycles. The number of hydrogen-bond acceptors (Lipinski definition) is 22. The second-order valence-electron chi connectivity index (χ2n) is 25.4. The molecule has 0 spiro atoms. The molecule has 27 nitrogen and oxygen atoms in total. The molecule has 4 bridgehead atoms. The molecule has 5 fully saturated rings. The van der Waals surface area contributed by atoms with E-state index in [4.69, 9.17) is 42.2 Å². The predicted molar refractivity (Wildman–Crippen MR) is 444 cm³/mol. The van der Waals surface area contributed by atoms with Crippen molar-refractivity contribution < 1.29 is 110 Å². The monoisotopic (exact) mass is 1610 g/mol. The van der Waals surface area contributed by atoms with E-state index in [1.165, 1.54) is 119 Å². The van der Waals surface area contributed by atoms with Gasteiger partial charge in [-0.2, -0.15) is 0 Å². The molecule has 0 saturated carbocycles. The average Bonchev–Trinajstić information content (AvgIpc) is 1.52. The van der Waals surface area contributed by atoms with E-state index in [1.807, 2.05) is 43.3 Å². The summed E-state index contributed by atoms with van der Waals surface area (Å²) in [6, 6.07) is 39.0. The van der Waals surface area contributed by atoms with Gasteiger partial charge in [0.25, 0.3) is 11.8 Å². The van der Waals surface area contributed by atoms with Crippen molar-refractivity contribution in [2.75, 3.05) is 14.7 Å². The van der Waals surface area contributed by atoms with Gasteiger partial charge < -0.3 is 43.0 Å². The van der Waals surface area contributed by atoms with Crippen LogP contribution in [0.15, 0.2) is 176 Å². The number of esters is 6. The molecule has 6 aromatic rings. The molecule has 7 amide bonds. The summed E-state index contributed by atoms with van der Waals surface area (Å²) in [7, 11) is 0. The minimum absolute atomic E-state index is 0. The number of ether oxygens (including phenoxy) is 8. The number of fused-ring (bicyclic) bond motifs is 10. The van der Waals surface area contributed by atoms with Crippen molar-refractivity contribution in [3.05, 3.63) is 188 Å². The van der Waals surface area contributed by atoms with Crippen molar-refractivity contribution in [1.29, 1.82) is 4.35 Å². The van der Waals surface area contributed by atoms with Crippen LogP contribution in [0.3, 0.4) is 0 Å². The first-order valence-corrected chi connectivity index (χ1v) is 34.1. The number of carbonyl (C=O) groups is 13. The normalized spacial score (nSPS) is 21.9. The topological polar surface area (TPSA) is 353 Å². The molecule has 8 heterocycles. The number of nitrogens with one attached hydrogen (secondary N) is 1. The molecular weight excluding hydrogens is 1500 g/mol. The first kappa shape index (κ1) is 104. The van der Waals surface area contributed by atoms with Crippen molar-refractivity contribution in [3.8, 4) is 34.5 Å². The van der Waals surface area contributed by atoms with E-state index >= 15 is 0 Å². The van der Waals surface area contributed by atoms with Crippen LogP contribution in [0.1, 0.15) is 146 Å². The summed E-state index contributed by atoms with van der Waals surface area (Å²) in [5.41, 5.74) is 3.49. The molecular formula is C87H108AlBN5O22+. The van der Waals surface area contributed by atoms with Crippen LogP contribution in [0, 0.1) is 51.7 Å². The summed E-state index contributed by atoms with van der Waals surface area (Å²) in [5.74, 6) is -8.46. The first-order valence-electron chi connectivity index (χ1n) is 33.5. The van der Waals surface area contributed by atoms with Crippen molar-refractivity contribution in [2.45, 2.75) is 159 Å². The van der Waals surface area contributed by atoms with E-state index in [0.29, 0.717) is 52.2 Å². The molecule has 6 aromatic carbocycles. The Labute approximate surface area is 690 Å². The number of imide groups is 3. The van der Waals surface area contributed by atoms with Gasteiger partial charge in [0.15, 0.2) is 0 Å². The number of aliphatic hydroxyl groups is 1. The van der Waals surface area contributed by atoms with Gasteiger partial charge in [-0.25, -0.2) is 14.6 Å². The predicted octanol–water partition coefficient (Wildman–Crippen LogP) is 14.5. The number of amides is 7. The van der Waals surface area contributed by atoms with Crippen molar-refractivity contribution >= 4 is 136 Å². The zero-order valence-corrected chi connectivity index (χ0v) is 60.3. The summed E-state index contributed by atoms with van der Waals surface area (Å²) >= 11 is 1.67. The van der Waals surface area contributed by atoms with Gasteiger partial charge in [-0.1, -0.05) is 134 Å². The Morgan fingerprint density at radius 1 is 0.457 bits per heavy atom. The summed E-state index contributed by atoms with van der Waals surface area (Å²) in [5, 5.41) is 10.4. The van der Waals surface area contributed by atoms with E-state index in [1.54, 1.807) is 89.8 Å². The summed E-state index contributed by atoms with van der Waals surface area (Å²) in [4.78, 5) is 162. The van der Waals surface area contributed by atoms with Gasteiger partial charge in [-0.3, -0.25) is 62.4 Å². The second-order valence-corrected chi connectivity index (χ2v) is 25.4. The number of carbonyl (C=O) groups excluding carboxylic acids is 13. The maximum atomic E-state index is 14.5. The third kappa shape index (κ3) is 22.0. The fraction of sp³-hybridized carbons (Fsp3) is 0.356. The van der Waals surface area contributed by atoms with Gasteiger partial charge in [0.2, 0.25) is 29.3 Å². The Bertz CT molecular complexity index is 4590. The van der Waals surface area contributed by atoms with E-state index in [9.17, 15) is 67.4 Å². The van der Waals surface area contributed by atoms with Crippen molar-refractivity contribution in [3.63, 3.8) is 0 Å². The Morgan fingerprint density at radius 3 is 1.13 bits per heavy atom. The standard InChI is InChI=1S/C40H38N2O11.C16H13NO5.C12H9NO4.C10H10O2.9CH4.Al.B.HN/c1-6-29(23-7-13-26(14-8-23)50-20(3)43)31-32(30-19(2)37(46)41(38(30)47)24-9-15-27(16-10-24)51-21(4)44)36-34-33(35(31)53-36)39(48)42(40(34)49)25-11-17-28(18-12-25)52-22(5)45;1-8(18)21-10-4-2-9(3-5-10)17-15(19)13-11-6-7-12(22-11)14(13)16(17)20;1-8(14)17-10-4-2-9(3-5-10)13-11(15)6-7-12(13)16;1-3-9-4-6-10(7-5-9)12-8(2)11;;;;;;;;;;;;/h7-19,29-36H,6H2,1-5H3;2-7,11-14H,1H3;2-7H,1H3;3-7H,1H2,2H3;9*1H4;;;1H/p+1. The van der Waals surface area contributed by atoms with Crippen molar-refractivity contribution in [2.24, 2.45) is 47.3 Å². The zero-order valence-electron chi connectivity index (χ0n) is 59.1. The second kappa shape index (κ2) is 44.8. The number of rotatable bonds is 15. The van der Waals surface area contributed by atoms with Gasteiger partial charge in [0.05, 0.1) is 59.2 Å². The Kier molecular flexibility index (Phi) is 40.2. The summed E-state index contributed by atoms with van der Waals surface area (Å²) in [6.07, 6.45) is 6.42. The molecule has 2 N–H and O–H groups in total. The van der Waals surface area contributed by atoms with Crippen LogP contribution in [0.2, 0.25) is 0 Å². The van der Waals surface area contributed by atoms with Gasteiger partial charge >= 0.3 is 68.1 Å². The molecule has 14 rings (SSSR count). The molecule has 116 heavy (non-hydrogen) atoms. The molecule has 5 saturated heterocycles. The molecule has 13 unspecified atom stereocenters. The average molecular weight is 1610 g/mol. The van der Waals surface area contributed by atoms with E-state index in [0.717, 1.165) is 25.8 Å². The number of anilines is 3. The van der Waals surface area contributed by atoms with E-state index in [2.05, 4.69) is 6.58 Å². The van der Waals surface area contributed by atoms with Crippen LogP contribution in [0.5, 0.6) is 34.5 Å². The third-order valence-electron chi connectivity index (χ3n) is 18.7. The maximum absolute atomic E-state index is 14.5. The molecule has 618 valence electrons. The van der Waals surface area contributed by atoms with Crippen LogP contribution < -0.4 is 43.1 Å². The fourth-order valence-electron chi connectivity index (χ4n) is 14.7. The van der Waals surface area contributed by atoms with Gasteiger partial charge in [0, 0.05) is 86.1 Å². The molecule has 4 radical (unpaired) electrons. The molecule has 0 aliphatic carbocycles. The van der Waals surface area contributed by atoms with E-state index in [-0.39, 0.29) is 146 Å². The van der Waals surface area contributed by atoms with Crippen LogP contribution in [0.25, 0.3) is 6.08 Å². The molecule has 29 heteroatoms. The third-order valence-corrected chi connectivity index (χ3v) is 18.7.